The third-order valence-electron chi connectivity index (χ3n) is 3.59. The molecular formula is C19H28O11. The zero-order valence-corrected chi connectivity index (χ0v) is 16.5. The average molecular weight is 432 g/mol. The Kier molecular flexibility index (Phi) is 11.7. The van der Waals surface area contributed by atoms with Crippen LogP contribution in [0, 0.1) is 0 Å². The molecule has 1 rings (SSSR count). The fourth-order valence-corrected chi connectivity index (χ4v) is 1.98. The number of ether oxygens (including phenoxy) is 4. The molecule has 170 valence electrons. The third kappa shape index (κ3) is 8.95. The number of carbonyl (C=O) groups is 1. The molecule has 0 bridgehead atoms. The van der Waals surface area contributed by atoms with E-state index >= 15 is 0 Å². The fraction of sp³-hybridized carbons (Fsp3) is 0.526. The van der Waals surface area contributed by atoms with Gasteiger partial charge in [-0.1, -0.05) is 6.07 Å². The van der Waals surface area contributed by atoms with Crippen LogP contribution in [0.2, 0.25) is 0 Å². The first kappa shape index (κ1) is 25.6. The Hall–Kier alpha value is -2.41. The van der Waals surface area contributed by atoms with Crippen molar-refractivity contribution in [2.24, 2.45) is 0 Å². The van der Waals surface area contributed by atoms with Crippen molar-refractivity contribution in [3.63, 3.8) is 0 Å². The van der Waals surface area contributed by atoms with E-state index in [0.717, 1.165) is 0 Å². The van der Waals surface area contributed by atoms with Gasteiger partial charge in [-0.2, -0.15) is 0 Å². The van der Waals surface area contributed by atoms with E-state index < -0.39 is 57.3 Å². The molecule has 3 atom stereocenters. The fourth-order valence-electron chi connectivity index (χ4n) is 1.98. The zero-order valence-electron chi connectivity index (χ0n) is 16.5. The quantitative estimate of drug-likeness (QED) is 0.109. The number of hydrogen-bond donors (Lipinski definition) is 6. The first-order chi connectivity index (χ1) is 14.3. The van der Waals surface area contributed by atoms with Crippen molar-refractivity contribution in [2.45, 2.75) is 18.3 Å². The summed E-state index contributed by atoms with van der Waals surface area (Å²) in [7, 11) is 1.39. The normalized spacial score (nSPS) is 14.6. The summed E-state index contributed by atoms with van der Waals surface area (Å²) in [6.45, 7) is -2.66. The van der Waals surface area contributed by atoms with Crippen molar-refractivity contribution in [1.29, 1.82) is 0 Å². The van der Waals surface area contributed by atoms with Gasteiger partial charge in [0.15, 0.2) is 11.5 Å². The van der Waals surface area contributed by atoms with Gasteiger partial charge in [0.25, 0.3) is 0 Å². The van der Waals surface area contributed by atoms with E-state index in [9.17, 15) is 20.1 Å². The second-order valence-corrected chi connectivity index (χ2v) is 6.15. The van der Waals surface area contributed by atoms with Gasteiger partial charge in [0.2, 0.25) is 5.76 Å². The van der Waals surface area contributed by atoms with Crippen LogP contribution in [0.15, 0.2) is 24.0 Å². The Morgan fingerprint density at radius 1 is 0.900 bits per heavy atom. The predicted molar refractivity (Wildman–Crippen MR) is 103 cm³/mol. The average Bonchev–Trinajstić information content (AvgIpc) is 2.77. The Balaban J connectivity index is 3.03. The highest BCUT2D eigenvalue weighted by Gasteiger charge is 2.18. The molecule has 3 unspecified atom stereocenters. The summed E-state index contributed by atoms with van der Waals surface area (Å²) < 4.78 is 20.7. The monoisotopic (exact) mass is 432 g/mol. The Morgan fingerprint density at radius 3 is 2.03 bits per heavy atom. The minimum atomic E-state index is -1.26. The van der Waals surface area contributed by atoms with Crippen molar-refractivity contribution in [3.8, 4) is 11.5 Å². The van der Waals surface area contributed by atoms with Crippen molar-refractivity contribution >= 4 is 12.0 Å². The molecule has 11 heteroatoms. The SMILES string of the molecule is COc1cc(C=C(OCC(O)CO)C(=O)OCC(O)CO)ccc1OCC(O)CO. The summed E-state index contributed by atoms with van der Waals surface area (Å²) in [5.41, 5.74) is 0.426. The van der Waals surface area contributed by atoms with E-state index in [1.54, 1.807) is 6.07 Å². The molecule has 0 aromatic heterocycles. The molecule has 11 nitrogen and oxygen atoms in total. The van der Waals surface area contributed by atoms with E-state index in [2.05, 4.69) is 0 Å². The lowest BCUT2D eigenvalue weighted by molar-refractivity contribution is -0.147. The van der Waals surface area contributed by atoms with Gasteiger partial charge in [-0.25, -0.2) is 4.79 Å². The van der Waals surface area contributed by atoms with Crippen LogP contribution in [-0.2, 0) is 14.3 Å². The minimum Gasteiger partial charge on any atom is -0.493 e. The topological polar surface area (TPSA) is 175 Å². The maximum absolute atomic E-state index is 12.2. The van der Waals surface area contributed by atoms with E-state index in [0.29, 0.717) is 5.56 Å². The van der Waals surface area contributed by atoms with Gasteiger partial charge in [-0.15, -0.1) is 0 Å². The zero-order chi connectivity index (χ0) is 22.5. The molecule has 0 saturated carbocycles. The molecule has 0 heterocycles. The number of esters is 1. The van der Waals surface area contributed by atoms with Crippen molar-refractivity contribution in [1.82, 2.24) is 0 Å². The predicted octanol–water partition coefficient (Wildman–Crippen LogP) is -1.97. The molecule has 0 amide bonds. The first-order valence-corrected chi connectivity index (χ1v) is 9.03. The van der Waals surface area contributed by atoms with Gasteiger partial charge < -0.3 is 49.6 Å². The number of benzene rings is 1. The number of carbonyl (C=O) groups excluding carboxylic acids is 1. The Bertz CT molecular complexity index is 676. The van der Waals surface area contributed by atoms with Gasteiger partial charge in [0.05, 0.1) is 26.9 Å². The van der Waals surface area contributed by atoms with Crippen molar-refractivity contribution in [2.75, 3.05) is 46.8 Å². The van der Waals surface area contributed by atoms with Crippen LogP contribution in [0.25, 0.3) is 6.08 Å². The van der Waals surface area contributed by atoms with Crippen LogP contribution in [0.5, 0.6) is 11.5 Å². The maximum atomic E-state index is 12.2. The summed E-state index contributed by atoms with van der Waals surface area (Å²) in [6, 6.07) is 4.56. The van der Waals surface area contributed by atoms with Gasteiger partial charge in [0.1, 0.15) is 38.1 Å². The van der Waals surface area contributed by atoms with Crippen LogP contribution in [-0.4, -0.2) is 102 Å². The molecule has 0 aliphatic rings. The maximum Gasteiger partial charge on any atom is 0.373 e. The van der Waals surface area contributed by atoms with Crippen LogP contribution >= 0.6 is 0 Å². The summed E-state index contributed by atoms with van der Waals surface area (Å²) >= 11 is 0. The first-order valence-electron chi connectivity index (χ1n) is 9.03. The Labute approximate surface area is 173 Å². The second kappa shape index (κ2) is 13.7. The molecule has 1 aromatic carbocycles. The second-order valence-electron chi connectivity index (χ2n) is 6.15. The molecule has 0 aliphatic carbocycles. The van der Waals surface area contributed by atoms with Crippen LogP contribution in [0.3, 0.4) is 0 Å². The summed E-state index contributed by atoms with van der Waals surface area (Å²) in [5, 5.41) is 54.7. The Morgan fingerprint density at radius 2 is 1.47 bits per heavy atom. The van der Waals surface area contributed by atoms with E-state index in [1.807, 2.05) is 0 Å². The standard InChI is InChI=1S/C19H28O11/c1-27-17-4-12(2-3-16(17)28-9-13(23)6-20)5-18(29-10-14(24)7-21)19(26)30-11-15(25)8-22/h2-5,13-15,20-25H,6-11H2,1H3. The molecule has 6 N–H and O–H groups in total. The molecule has 0 fully saturated rings. The number of aliphatic hydroxyl groups excluding tert-OH is 6. The minimum absolute atomic E-state index is 0.158. The summed E-state index contributed by atoms with van der Waals surface area (Å²) in [4.78, 5) is 12.2. The highest BCUT2D eigenvalue weighted by molar-refractivity contribution is 5.91. The van der Waals surface area contributed by atoms with Gasteiger partial charge in [-0.3, -0.25) is 0 Å². The van der Waals surface area contributed by atoms with E-state index in [-0.39, 0.29) is 23.9 Å². The largest absolute Gasteiger partial charge is 0.493 e. The third-order valence-corrected chi connectivity index (χ3v) is 3.59. The van der Waals surface area contributed by atoms with Crippen molar-refractivity contribution in [3.05, 3.63) is 29.5 Å². The van der Waals surface area contributed by atoms with Gasteiger partial charge in [-0.05, 0) is 23.8 Å². The highest BCUT2D eigenvalue weighted by Crippen LogP contribution is 2.29. The summed E-state index contributed by atoms with van der Waals surface area (Å²) in [5.74, 6) is -0.723. The highest BCUT2D eigenvalue weighted by atomic mass is 16.6. The van der Waals surface area contributed by atoms with Gasteiger partial charge >= 0.3 is 5.97 Å². The van der Waals surface area contributed by atoms with E-state index in [4.69, 9.17) is 34.3 Å². The number of rotatable bonds is 14. The lowest BCUT2D eigenvalue weighted by Gasteiger charge is -2.15. The molecule has 30 heavy (non-hydrogen) atoms. The van der Waals surface area contributed by atoms with Gasteiger partial charge in [0, 0.05) is 0 Å². The lowest BCUT2D eigenvalue weighted by Crippen LogP contribution is -2.25. The van der Waals surface area contributed by atoms with Crippen LogP contribution < -0.4 is 9.47 Å². The van der Waals surface area contributed by atoms with Crippen LogP contribution in [0.4, 0.5) is 0 Å². The molecule has 1 aromatic rings. The lowest BCUT2D eigenvalue weighted by atomic mass is 10.1. The summed E-state index contributed by atoms with van der Waals surface area (Å²) in [6.07, 6.45) is -2.26. The number of methoxy groups -OCH3 is 1. The van der Waals surface area contributed by atoms with E-state index in [1.165, 1.54) is 25.3 Å². The molecule has 0 spiro atoms. The number of aliphatic hydroxyl groups is 6. The van der Waals surface area contributed by atoms with Crippen LogP contribution in [0.1, 0.15) is 5.56 Å². The van der Waals surface area contributed by atoms with Crippen molar-refractivity contribution < 1.29 is 54.4 Å². The molecule has 0 saturated heterocycles. The molecule has 0 radical (unpaired) electrons. The molecular weight excluding hydrogens is 404 g/mol. The smallest absolute Gasteiger partial charge is 0.373 e. The number of hydrogen-bond acceptors (Lipinski definition) is 11. The molecule has 0 aliphatic heterocycles.